The maximum Gasteiger partial charge on any atom is 0.222 e. The van der Waals surface area contributed by atoms with Gasteiger partial charge in [0, 0.05) is 25.7 Å². The quantitative estimate of drug-likeness (QED) is 0.823. The van der Waals surface area contributed by atoms with Gasteiger partial charge in [0.05, 0.1) is 5.69 Å². The Morgan fingerprint density at radius 1 is 1.30 bits per heavy atom. The number of amides is 1. The number of thiocarbonyl (C=S) groups is 1. The Labute approximate surface area is 123 Å². The third-order valence-electron chi connectivity index (χ3n) is 3.19. The number of rotatable bonds is 2. The van der Waals surface area contributed by atoms with Crippen LogP contribution < -0.4 is 15.5 Å². The smallest absolute Gasteiger partial charge is 0.222 e. The van der Waals surface area contributed by atoms with Crippen LogP contribution in [0.2, 0.25) is 0 Å². The van der Waals surface area contributed by atoms with Crippen molar-refractivity contribution < 1.29 is 9.18 Å². The summed E-state index contributed by atoms with van der Waals surface area (Å²) in [6.45, 7) is 3.16. The summed E-state index contributed by atoms with van der Waals surface area (Å²) in [6, 6.07) is 4.92. The topological polar surface area (TPSA) is 44.4 Å². The Hall–Kier alpha value is -1.69. The Bertz CT molecular complexity index is 515. The first kappa shape index (κ1) is 14.7. The molecule has 0 saturated carbocycles. The summed E-state index contributed by atoms with van der Waals surface area (Å²) in [5, 5.41) is 5.39. The number of carbonyl (C=O) groups excluding carboxylic acids is 1. The molecule has 0 bridgehead atoms. The summed E-state index contributed by atoms with van der Waals surface area (Å²) in [5.41, 5.74) is 1.16. The molecule has 2 N–H and O–H groups in total. The third-order valence-corrected chi connectivity index (χ3v) is 3.40. The minimum absolute atomic E-state index is 0.169. The highest BCUT2D eigenvalue weighted by Crippen LogP contribution is 2.25. The molecule has 1 heterocycles. The minimum Gasteiger partial charge on any atom is -0.369 e. The number of benzene rings is 1. The first-order valence-corrected chi connectivity index (χ1v) is 7.10. The molecular weight excluding hydrogens is 277 g/mol. The highest BCUT2D eigenvalue weighted by molar-refractivity contribution is 7.80. The molecule has 0 spiro atoms. The second-order valence-electron chi connectivity index (χ2n) is 4.85. The lowest BCUT2D eigenvalue weighted by Crippen LogP contribution is -2.32. The lowest BCUT2D eigenvalue weighted by Gasteiger charge is -2.29. The molecule has 4 nitrogen and oxygen atoms in total. The van der Waals surface area contributed by atoms with Crippen molar-refractivity contribution in [3.63, 3.8) is 0 Å². The largest absolute Gasteiger partial charge is 0.369 e. The van der Waals surface area contributed by atoms with E-state index in [1.54, 1.807) is 12.1 Å². The average Bonchev–Trinajstić information content (AvgIpc) is 2.38. The van der Waals surface area contributed by atoms with E-state index in [1.165, 1.54) is 19.4 Å². The second kappa shape index (κ2) is 6.65. The van der Waals surface area contributed by atoms with Crippen molar-refractivity contribution in [3.05, 3.63) is 24.0 Å². The van der Waals surface area contributed by atoms with Gasteiger partial charge >= 0.3 is 0 Å². The molecule has 1 aliphatic rings. The van der Waals surface area contributed by atoms with Gasteiger partial charge in [-0.25, -0.2) is 4.39 Å². The number of carbonyl (C=O) groups is 1. The lowest BCUT2D eigenvalue weighted by atomic mass is 10.1. The van der Waals surface area contributed by atoms with E-state index in [0.29, 0.717) is 11.4 Å². The van der Waals surface area contributed by atoms with Crippen molar-refractivity contribution in [2.75, 3.05) is 23.3 Å². The van der Waals surface area contributed by atoms with Gasteiger partial charge in [-0.1, -0.05) is 0 Å². The fourth-order valence-corrected chi connectivity index (χ4v) is 2.56. The molecular formula is C14H18FN3OS. The molecule has 1 aromatic rings. The first-order valence-electron chi connectivity index (χ1n) is 6.69. The lowest BCUT2D eigenvalue weighted by molar-refractivity contribution is -0.117. The predicted molar refractivity (Wildman–Crippen MR) is 82.5 cm³/mol. The maximum atomic E-state index is 14.1. The average molecular weight is 295 g/mol. The van der Waals surface area contributed by atoms with Gasteiger partial charge in [0.15, 0.2) is 5.11 Å². The Morgan fingerprint density at radius 2 is 2.00 bits per heavy atom. The van der Waals surface area contributed by atoms with E-state index >= 15 is 0 Å². The summed E-state index contributed by atoms with van der Waals surface area (Å²) >= 11 is 4.94. The summed E-state index contributed by atoms with van der Waals surface area (Å²) in [6.07, 6.45) is 3.42. The van der Waals surface area contributed by atoms with Crippen LogP contribution >= 0.6 is 12.2 Å². The van der Waals surface area contributed by atoms with Crippen LogP contribution in [0, 0.1) is 5.82 Å². The number of hydrogen-bond acceptors (Lipinski definition) is 3. The second-order valence-corrected chi connectivity index (χ2v) is 5.26. The van der Waals surface area contributed by atoms with Crippen LogP contribution in [0.4, 0.5) is 15.8 Å². The van der Waals surface area contributed by atoms with Crippen molar-refractivity contribution in [3.8, 4) is 0 Å². The van der Waals surface area contributed by atoms with Crippen LogP contribution in [0.5, 0.6) is 0 Å². The minimum atomic E-state index is -0.275. The number of halogens is 1. The summed E-state index contributed by atoms with van der Waals surface area (Å²) in [7, 11) is 0. The summed E-state index contributed by atoms with van der Waals surface area (Å²) in [5.74, 6) is -0.532. The van der Waals surface area contributed by atoms with Gasteiger partial charge in [-0.15, -0.1) is 0 Å². The summed E-state index contributed by atoms with van der Waals surface area (Å²) < 4.78 is 14.1. The molecule has 108 valence electrons. The van der Waals surface area contributed by atoms with Gasteiger partial charge in [0.25, 0.3) is 0 Å². The van der Waals surface area contributed by atoms with Crippen molar-refractivity contribution >= 4 is 34.6 Å². The van der Waals surface area contributed by atoms with E-state index in [1.807, 2.05) is 0 Å². The molecule has 1 saturated heterocycles. The van der Waals surface area contributed by atoms with E-state index in [4.69, 9.17) is 12.2 Å². The molecule has 1 aliphatic heterocycles. The van der Waals surface area contributed by atoms with Crippen LogP contribution in [0.15, 0.2) is 18.2 Å². The van der Waals surface area contributed by atoms with Crippen LogP contribution in [0.3, 0.4) is 0 Å². The van der Waals surface area contributed by atoms with Crippen molar-refractivity contribution in [2.45, 2.75) is 26.2 Å². The number of hydrogen-bond donors (Lipinski definition) is 2. The SMILES string of the molecule is CC(=O)NC(=S)Nc1ccc(N2CCCCC2)c(F)c1. The van der Waals surface area contributed by atoms with Crippen LogP contribution in [-0.4, -0.2) is 24.1 Å². The van der Waals surface area contributed by atoms with Crippen molar-refractivity contribution in [1.82, 2.24) is 5.32 Å². The van der Waals surface area contributed by atoms with Gasteiger partial charge in [0.2, 0.25) is 5.91 Å². The standard InChI is InChI=1S/C14H18FN3OS/c1-10(19)16-14(20)17-11-5-6-13(12(15)9-11)18-7-3-2-4-8-18/h5-6,9H,2-4,7-8H2,1H3,(H2,16,17,19,20). The number of piperidine rings is 1. The van der Waals surface area contributed by atoms with Crippen molar-refractivity contribution in [2.24, 2.45) is 0 Å². The third kappa shape index (κ3) is 3.90. The predicted octanol–water partition coefficient (Wildman–Crippen LogP) is 2.65. The zero-order valence-corrected chi connectivity index (χ0v) is 12.2. The van der Waals surface area contributed by atoms with Crippen LogP contribution in [-0.2, 0) is 4.79 Å². The van der Waals surface area contributed by atoms with Crippen LogP contribution in [0.1, 0.15) is 26.2 Å². The summed E-state index contributed by atoms with van der Waals surface area (Å²) in [4.78, 5) is 12.9. The van der Waals surface area contributed by atoms with E-state index in [9.17, 15) is 9.18 Å². The van der Waals surface area contributed by atoms with E-state index < -0.39 is 0 Å². The van der Waals surface area contributed by atoms with E-state index in [-0.39, 0.29) is 16.8 Å². The Kier molecular flexibility index (Phi) is 4.89. The number of nitrogens with zero attached hydrogens (tertiary/aromatic N) is 1. The zero-order valence-electron chi connectivity index (χ0n) is 11.4. The fourth-order valence-electron chi connectivity index (χ4n) is 2.30. The highest BCUT2D eigenvalue weighted by Gasteiger charge is 2.15. The normalized spacial score (nSPS) is 14.8. The van der Waals surface area contributed by atoms with Gasteiger partial charge in [-0.2, -0.15) is 0 Å². The van der Waals surface area contributed by atoms with Crippen LogP contribution in [0.25, 0.3) is 0 Å². The maximum absolute atomic E-state index is 14.1. The molecule has 2 rings (SSSR count). The molecule has 0 atom stereocenters. The molecule has 1 aromatic carbocycles. The molecule has 1 fully saturated rings. The Morgan fingerprint density at radius 3 is 2.60 bits per heavy atom. The fraction of sp³-hybridized carbons (Fsp3) is 0.429. The van der Waals surface area contributed by atoms with Gasteiger partial charge in [-0.3, -0.25) is 4.79 Å². The van der Waals surface area contributed by atoms with Gasteiger partial charge < -0.3 is 15.5 Å². The molecule has 1 amide bonds. The molecule has 0 radical (unpaired) electrons. The molecule has 0 aliphatic carbocycles. The number of anilines is 2. The number of nitrogens with one attached hydrogen (secondary N) is 2. The molecule has 6 heteroatoms. The molecule has 20 heavy (non-hydrogen) atoms. The first-order chi connectivity index (χ1) is 9.56. The molecule has 0 aromatic heterocycles. The zero-order chi connectivity index (χ0) is 14.5. The highest BCUT2D eigenvalue weighted by atomic mass is 32.1. The van der Waals surface area contributed by atoms with Gasteiger partial charge in [0.1, 0.15) is 5.82 Å². The van der Waals surface area contributed by atoms with Gasteiger partial charge in [-0.05, 0) is 49.7 Å². The van der Waals surface area contributed by atoms with Crippen molar-refractivity contribution in [1.29, 1.82) is 0 Å². The molecule has 0 unspecified atom stereocenters. The van der Waals surface area contributed by atoms with E-state index in [0.717, 1.165) is 25.9 Å². The van der Waals surface area contributed by atoms with E-state index in [2.05, 4.69) is 15.5 Å². The Balaban J connectivity index is 2.05. The monoisotopic (exact) mass is 295 g/mol.